The molecule has 0 aromatic heterocycles. The minimum absolute atomic E-state index is 0.0667. The Kier molecular flexibility index (Phi) is 5.62. The Morgan fingerprint density at radius 3 is 2.52 bits per heavy atom. The predicted octanol–water partition coefficient (Wildman–Crippen LogP) is 7.46. The zero-order valence-electron chi connectivity index (χ0n) is 14.3. The van der Waals surface area contributed by atoms with Crippen molar-refractivity contribution in [1.29, 1.82) is 0 Å². The second kappa shape index (κ2) is 7.90. The van der Waals surface area contributed by atoms with E-state index >= 15 is 0 Å². The molecule has 25 heavy (non-hydrogen) atoms. The summed E-state index contributed by atoms with van der Waals surface area (Å²) in [6, 6.07) is 8.86. The summed E-state index contributed by atoms with van der Waals surface area (Å²) in [4.78, 5) is 0. The van der Waals surface area contributed by atoms with Gasteiger partial charge < -0.3 is 0 Å². The fraction of sp³-hybridized carbons (Fsp3) is 0.364. The maximum absolute atomic E-state index is 14.4. The Balaban J connectivity index is 1.78. The average molecular weight is 344 g/mol. The lowest BCUT2D eigenvalue weighted by atomic mass is 9.77. The first-order valence-corrected chi connectivity index (χ1v) is 8.94. The fourth-order valence-corrected chi connectivity index (χ4v) is 3.95. The van der Waals surface area contributed by atoms with E-state index in [1.165, 1.54) is 30.9 Å². The number of benzene rings is 2. The molecule has 0 atom stereocenters. The molecule has 0 N–H and O–H groups in total. The molecular formula is C22H23F3. The standard InChI is InChI=1S/C22H23F3/c1-2-3-4-15-5-7-16(8-6-15)17-11-12-20-18(13-17)9-10-19(22(20)25)14-21(23)24/h2,9-16H,1,3-8H2. The molecule has 1 aliphatic carbocycles. The van der Waals surface area contributed by atoms with Crippen LogP contribution in [-0.2, 0) is 0 Å². The summed E-state index contributed by atoms with van der Waals surface area (Å²) in [6.07, 6.45) is 7.75. The van der Waals surface area contributed by atoms with Crippen molar-refractivity contribution < 1.29 is 13.2 Å². The van der Waals surface area contributed by atoms with Gasteiger partial charge in [-0.05, 0) is 61.3 Å². The van der Waals surface area contributed by atoms with Crippen LogP contribution in [0.1, 0.15) is 55.6 Å². The van der Waals surface area contributed by atoms with Gasteiger partial charge in [-0.15, -0.1) is 6.58 Å². The van der Waals surface area contributed by atoms with E-state index in [2.05, 4.69) is 6.58 Å². The first kappa shape index (κ1) is 17.8. The zero-order valence-corrected chi connectivity index (χ0v) is 14.3. The summed E-state index contributed by atoms with van der Waals surface area (Å²) in [5.74, 6) is 0.720. The van der Waals surface area contributed by atoms with Crippen LogP contribution < -0.4 is 0 Å². The average Bonchev–Trinajstić information content (AvgIpc) is 2.62. The molecule has 1 saturated carbocycles. The maximum Gasteiger partial charge on any atom is 0.271 e. The molecular weight excluding hydrogens is 321 g/mol. The van der Waals surface area contributed by atoms with Crippen molar-refractivity contribution in [3.8, 4) is 0 Å². The predicted molar refractivity (Wildman–Crippen MR) is 98.2 cm³/mol. The molecule has 0 heterocycles. The molecule has 0 spiro atoms. The highest BCUT2D eigenvalue weighted by Crippen LogP contribution is 2.38. The zero-order chi connectivity index (χ0) is 17.8. The first-order chi connectivity index (χ1) is 12.1. The van der Waals surface area contributed by atoms with Gasteiger partial charge in [0.1, 0.15) is 5.82 Å². The van der Waals surface area contributed by atoms with Gasteiger partial charge in [0, 0.05) is 17.0 Å². The van der Waals surface area contributed by atoms with Crippen molar-refractivity contribution in [2.75, 3.05) is 0 Å². The third-order valence-corrected chi connectivity index (χ3v) is 5.37. The minimum atomic E-state index is -1.89. The van der Waals surface area contributed by atoms with E-state index in [-0.39, 0.29) is 5.56 Å². The number of fused-ring (bicyclic) bond motifs is 1. The van der Waals surface area contributed by atoms with Gasteiger partial charge in [-0.1, -0.05) is 36.4 Å². The lowest BCUT2D eigenvalue weighted by molar-refractivity contribution is 0.312. The Bertz CT molecular complexity index is 779. The second-order valence-corrected chi connectivity index (χ2v) is 6.97. The first-order valence-electron chi connectivity index (χ1n) is 8.94. The molecule has 0 amide bonds. The lowest BCUT2D eigenvalue weighted by Gasteiger charge is -2.28. The molecule has 0 bridgehead atoms. The topological polar surface area (TPSA) is 0 Å². The van der Waals surface area contributed by atoms with Crippen LogP contribution in [-0.4, -0.2) is 0 Å². The molecule has 0 saturated heterocycles. The number of hydrogen-bond donors (Lipinski definition) is 0. The Morgan fingerprint density at radius 2 is 1.84 bits per heavy atom. The van der Waals surface area contributed by atoms with E-state index in [9.17, 15) is 13.2 Å². The molecule has 3 rings (SSSR count). The van der Waals surface area contributed by atoms with Gasteiger partial charge in [-0.25, -0.2) is 4.39 Å². The highest BCUT2D eigenvalue weighted by atomic mass is 19.3. The Morgan fingerprint density at radius 1 is 1.08 bits per heavy atom. The third kappa shape index (κ3) is 4.15. The van der Waals surface area contributed by atoms with Crippen LogP contribution in [0.5, 0.6) is 0 Å². The van der Waals surface area contributed by atoms with Crippen LogP contribution in [0.3, 0.4) is 0 Å². The van der Waals surface area contributed by atoms with E-state index in [0.717, 1.165) is 30.6 Å². The van der Waals surface area contributed by atoms with E-state index in [0.29, 0.717) is 17.4 Å². The minimum Gasteiger partial charge on any atom is -0.206 e. The number of rotatable bonds is 5. The molecule has 3 heteroatoms. The molecule has 2 aromatic carbocycles. The van der Waals surface area contributed by atoms with Crippen molar-refractivity contribution in [2.24, 2.45) is 5.92 Å². The molecule has 0 radical (unpaired) electrons. The third-order valence-electron chi connectivity index (χ3n) is 5.37. The van der Waals surface area contributed by atoms with Crippen molar-refractivity contribution in [1.82, 2.24) is 0 Å². The molecule has 1 fully saturated rings. The molecule has 1 aliphatic rings. The van der Waals surface area contributed by atoms with Crippen molar-refractivity contribution in [2.45, 2.75) is 44.4 Å². The van der Waals surface area contributed by atoms with Gasteiger partial charge in [0.25, 0.3) is 6.08 Å². The summed E-state index contributed by atoms with van der Waals surface area (Å²) in [7, 11) is 0. The maximum atomic E-state index is 14.4. The van der Waals surface area contributed by atoms with Crippen LogP contribution >= 0.6 is 0 Å². The quantitative estimate of drug-likeness (QED) is 0.494. The second-order valence-electron chi connectivity index (χ2n) is 6.97. The monoisotopic (exact) mass is 344 g/mol. The van der Waals surface area contributed by atoms with Crippen LogP contribution in [0.2, 0.25) is 0 Å². The Labute approximate surface area is 147 Å². The number of hydrogen-bond acceptors (Lipinski definition) is 0. The van der Waals surface area contributed by atoms with Gasteiger partial charge in [0.2, 0.25) is 0 Å². The largest absolute Gasteiger partial charge is 0.271 e. The van der Waals surface area contributed by atoms with Gasteiger partial charge in [0.15, 0.2) is 0 Å². The Hall–Kier alpha value is -2.03. The highest BCUT2D eigenvalue weighted by molar-refractivity contribution is 5.86. The van der Waals surface area contributed by atoms with Crippen LogP contribution in [0.25, 0.3) is 16.8 Å². The van der Waals surface area contributed by atoms with Gasteiger partial charge in [-0.2, -0.15) is 8.78 Å². The molecule has 0 aliphatic heterocycles. The molecule has 132 valence electrons. The van der Waals surface area contributed by atoms with Crippen LogP contribution in [0.15, 0.2) is 49.1 Å². The summed E-state index contributed by atoms with van der Waals surface area (Å²) >= 11 is 0. The van der Waals surface area contributed by atoms with E-state index in [4.69, 9.17) is 0 Å². The lowest BCUT2D eigenvalue weighted by Crippen LogP contribution is -2.13. The van der Waals surface area contributed by atoms with Gasteiger partial charge >= 0.3 is 0 Å². The number of allylic oxidation sites excluding steroid dienone is 1. The fourth-order valence-electron chi connectivity index (χ4n) is 3.95. The number of halogens is 3. The van der Waals surface area contributed by atoms with Crippen molar-refractivity contribution >= 4 is 16.8 Å². The van der Waals surface area contributed by atoms with Crippen molar-refractivity contribution in [3.63, 3.8) is 0 Å². The summed E-state index contributed by atoms with van der Waals surface area (Å²) < 4.78 is 39.2. The van der Waals surface area contributed by atoms with Crippen LogP contribution in [0, 0.1) is 11.7 Å². The van der Waals surface area contributed by atoms with E-state index < -0.39 is 11.9 Å². The molecule has 0 nitrogen and oxygen atoms in total. The SMILES string of the molecule is C=CCCC1CCC(c2ccc3c(F)c(C=C(F)F)ccc3c2)CC1. The van der Waals surface area contributed by atoms with Gasteiger partial charge in [0.05, 0.1) is 0 Å². The summed E-state index contributed by atoms with van der Waals surface area (Å²) in [5.41, 5.74) is 1.16. The summed E-state index contributed by atoms with van der Waals surface area (Å²) in [6.45, 7) is 3.79. The highest BCUT2D eigenvalue weighted by Gasteiger charge is 2.22. The normalized spacial score (nSPS) is 20.4. The van der Waals surface area contributed by atoms with Crippen LogP contribution in [0.4, 0.5) is 13.2 Å². The molecule has 0 unspecified atom stereocenters. The summed E-state index contributed by atoms with van der Waals surface area (Å²) in [5, 5.41) is 1.18. The van der Waals surface area contributed by atoms with E-state index in [1.807, 2.05) is 18.2 Å². The van der Waals surface area contributed by atoms with Crippen molar-refractivity contribution in [3.05, 3.63) is 66.0 Å². The van der Waals surface area contributed by atoms with Gasteiger partial charge in [-0.3, -0.25) is 0 Å². The smallest absolute Gasteiger partial charge is 0.206 e. The van der Waals surface area contributed by atoms with E-state index in [1.54, 1.807) is 12.1 Å². The molecule has 2 aromatic rings.